The average molecular weight is 665 g/mol. The van der Waals surface area contributed by atoms with E-state index in [-0.39, 0.29) is 11.8 Å². The Hall–Kier alpha value is -1.48. The van der Waals surface area contributed by atoms with E-state index in [2.05, 4.69) is 42.5 Å². The third kappa shape index (κ3) is 8.82. The van der Waals surface area contributed by atoms with Gasteiger partial charge in [-0.3, -0.25) is 9.59 Å². The van der Waals surface area contributed by atoms with Crippen molar-refractivity contribution >= 4 is 78.3 Å². The minimum Gasteiger partial charge on any atom is -0.492 e. The van der Waals surface area contributed by atoms with E-state index in [1.807, 2.05) is 24.3 Å². The fourth-order valence-electron chi connectivity index (χ4n) is 3.74. The van der Waals surface area contributed by atoms with Crippen molar-refractivity contribution < 1.29 is 19.1 Å². The van der Waals surface area contributed by atoms with Crippen molar-refractivity contribution in [1.82, 2.24) is 0 Å². The summed E-state index contributed by atoms with van der Waals surface area (Å²) in [6.45, 7) is 1.27. The third-order valence-electron chi connectivity index (χ3n) is 5.68. The number of benzene rings is 2. The van der Waals surface area contributed by atoms with Gasteiger partial charge in [-0.2, -0.15) is 0 Å². The van der Waals surface area contributed by atoms with E-state index in [1.54, 1.807) is 0 Å². The zero-order valence-electron chi connectivity index (χ0n) is 19.9. The van der Waals surface area contributed by atoms with Crippen LogP contribution in [0.2, 0.25) is 10.0 Å². The number of hydrogen-bond donors (Lipinski definition) is 2. The monoisotopic (exact) mass is 662 g/mol. The highest BCUT2D eigenvalue weighted by molar-refractivity contribution is 9.09. The lowest BCUT2D eigenvalue weighted by molar-refractivity contribution is -0.117. The number of aryl methyl sites for hydroxylation is 2. The molecule has 0 radical (unpaired) electrons. The Kier molecular flexibility index (Phi) is 12.2. The number of hydrogen-bond acceptors (Lipinski definition) is 4. The number of carbonyl (C=O) groups is 2. The number of alkyl halides is 2. The molecular weight excluding hydrogens is 635 g/mol. The topological polar surface area (TPSA) is 76.7 Å². The molecule has 0 aliphatic carbocycles. The van der Waals surface area contributed by atoms with Crippen molar-refractivity contribution in [3.8, 4) is 11.5 Å². The number of unbranched alkanes of at least 4 members (excludes halogenated alkanes) is 2. The Labute approximate surface area is 239 Å². The molecule has 196 valence electrons. The Morgan fingerprint density at radius 3 is 1.47 bits per heavy atom. The van der Waals surface area contributed by atoms with Gasteiger partial charge in [-0.25, -0.2) is 0 Å². The Balaban J connectivity index is 0.000000201. The average Bonchev–Trinajstić information content (AvgIpc) is 2.86. The molecule has 2 heterocycles. The van der Waals surface area contributed by atoms with Gasteiger partial charge in [-0.1, -0.05) is 55.1 Å². The number of amides is 2. The van der Waals surface area contributed by atoms with Gasteiger partial charge < -0.3 is 20.1 Å². The number of rotatable bonds is 10. The van der Waals surface area contributed by atoms with Crippen molar-refractivity contribution in [2.24, 2.45) is 0 Å². The van der Waals surface area contributed by atoms with Crippen LogP contribution < -0.4 is 20.1 Å². The SMILES string of the molecule is O=C1CCc2cc(Cl)c(OCCCCBr)cc2N1.O=C1CCc2cc(Cl)c(OCCCCBr)cc2N1. The molecule has 4 rings (SSSR count). The molecule has 0 unspecified atom stereocenters. The van der Waals surface area contributed by atoms with Crippen LogP contribution in [-0.4, -0.2) is 35.7 Å². The molecule has 6 nitrogen and oxygen atoms in total. The van der Waals surface area contributed by atoms with Gasteiger partial charge in [0.15, 0.2) is 0 Å². The van der Waals surface area contributed by atoms with Crippen LogP contribution in [0.5, 0.6) is 11.5 Å². The molecule has 10 heteroatoms. The molecule has 0 saturated carbocycles. The molecule has 2 N–H and O–H groups in total. The first-order chi connectivity index (χ1) is 17.4. The molecule has 0 spiro atoms. The molecule has 0 atom stereocenters. The molecule has 2 aromatic carbocycles. The molecule has 0 saturated heterocycles. The summed E-state index contributed by atoms with van der Waals surface area (Å²) in [7, 11) is 0. The van der Waals surface area contributed by atoms with Crippen molar-refractivity contribution in [1.29, 1.82) is 0 Å². The van der Waals surface area contributed by atoms with Gasteiger partial charge >= 0.3 is 0 Å². The van der Waals surface area contributed by atoms with Crippen LogP contribution >= 0.6 is 55.1 Å². The Bertz CT molecular complexity index is 985. The molecule has 0 aromatic heterocycles. The van der Waals surface area contributed by atoms with Gasteiger partial charge in [0.1, 0.15) is 11.5 Å². The number of fused-ring (bicyclic) bond motifs is 2. The summed E-state index contributed by atoms with van der Waals surface area (Å²) in [5.41, 5.74) is 3.80. The molecule has 36 heavy (non-hydrogen) atoms. The van der Waals surface area contributed by atoms with E-state index in [1.165, 1.54) is 0 Å². The lowest BCUT2D eigenvalue weighted by Crippen LogP contribution is -2.19. The largest absolute Gasteiger partial charge is 0.492 e. The second-order valence-electron chi connectivity index (χ2n) is 8.47. The van der Waals surface area contributed by atoms with Crippen LogP contribution in [-0.2, 0) is 22.4 Å². The Morgan fingerprint density at radius 1 is 0.667 bits per heavy atom. The molecule has 0 bridgehead atoms. The maximum Gasteiger partial charge on any atom is 0.224 e. The predicted molar refractivity (Wildman–Crippen MR) is 154 cm³/mol. The van der Waals surface area contributed by atoms with Crippen LogP contribution in [0.25, 0.3) is 0 Å². The quantitative estimate of drug-likeness (QED) is 0.203. The summed E-state index contributed by atoms with van der Waals surface area (Å²) < 4.78 is 11.3. The lowest BCUT2D eigenvalue weighted by atomic mass is 10.0. The van der Waals surface area contributed by atoms with Gasteiger partial charge in [-0.15, -0.1) is 0 Å². The highest BCUT2D eigenvalue weighted by Gasteiger charge is 2.18. The fraction of sp³-hybridized carbons (Fsp3) is 0.462. The van der Waals surface area contributed by atoms with Crippen LogP contribution in [0, 0.1) is 0 Å². The molecule has 2 aliphatic rings. The Morgan fingerprint density at radius 2 is 1.08 bits per heavy atom. The van der Waals surface area contributed by atoms with E-state index in [9.17, 15) is 9.59 Å². The van der Waals surface area contributed by atoms with E-state index >= 15 is 0 Å². The van der Waals surface area contributed by atoms with E-state index in [4.69, 9.17) is 32.7 Å². The highest BCUT2D eigenvalue weighted by Crippen LogP contribution is 2.35. The molecule has 2 aliphatic heterocycles. The highest BCUT2D eigenvalue weighted by atomic mass is 79.9. The predicted octanol–water partition coefficient (Wildman–Crippen LogP) is 7.56. The zero-order valence-corrected chi connectivity index (χ0v) is 24.6. The second kappa shape index (κ2) is 15.1. The number of anilines is 2. The van der Waals surface area contributed by atoms with Crippen molar-refractivity contribution in [3.63, 3.8) is 0 Å². The van der Waals surface area contributed by atoms with Crippen LogP contribution in [0.1, 0.15) is 49.7 Å². The first-order valence-corrected chi connectivity index (χ1v) is 15.0. The third-order valence-corrected chi connectivity index (χ3v) is 7.39. The second-order valence-corrected chi connectivity index (χ2v) is 10.9. The number of carbonyl (C=O) groups excluding carboxylic acids is 2. The summed E-state index contributed by atoms with van der Waals surface area (Å²) in [6.07, 6.45) is 6.62. The van der Waals surface area contributed by atoms with Crippen molar-refractivity contribution in [2.75, 3.05) is 34.5 Å². The van der Waals surface area contributed by atoms with E-state index in [0.717, 1.165) is 71.7 Å². The first-order valence-electron chi connectivity index (χ1n) is 12.0. The summed E-state index contributed by atoms with van der Waals surface area (Å²) >= 11 is 19.1. The minimum atomic E-state index is 0.0510. The summed E-state index contributed by atoms with van der Waals surface area (Å²) in [6, 6.07) is 7.41. The molecule has 2 aromatic rings. The number of halogens is 4. The number of ether oxygens (including phenoxy) is 2. The van der Waals surface area contributed by atoms with Gasteiger partial charge in [0, 0.05) is 47.0 Å². The maximum atomic E-state index is 11.3. The zero-order chi connectivity index (χ0) is 25.9. The first kappa shape index (κ1) is 29.1. The molecular formula is C26H30Br2Cl2N2O4. The summed E-state index contributed by atoms with van der Waals surface area (Å²) in [4.78, 5) is 22.7. The normalized spacial score (nSPS) is 14.0. The standard InChI is InChI=1S/2C13H15BrClNO2/c2*14-5-1-2-6-18-12-8-11-9(7-10(12)15)3-4-13(17)16-11/h2*7-8H,1-6H2,(H,16,17). The fourth-order valence-corrected chi connectivity index (χ4v) is 5.01. The minimum absolute atomic E-state index is 0.0510. The smallest absolute Gasteiger partial charge is 0.224 e. The molecule has 2 amide bonds. The summed E-state index contributed by atoms with van der Waals surface area (Å²) in [5, 5.41) is 8.87. The van der Waals surface area contributed by atoms with Crippen LogP contribution in [0.3, 0.4) is 0 Å². The van der Waals surface area contributed by atoms with Gasteiger partial charge in [0.25, 0.3) is 0 Å². The van der Waals surface area contributed by atoms with E-state index < -0.39 is 0 Å². The van der Waals surface area contributed by atoms with E-state index in [0.29, 0.717) is 47.6 Å². The number of nitrogens with one attached hydrogen (secondary N) is 2. The van der Waals surface area contributed by atoms with Crippen LogP contribution in [0.4, 0.5) is 11.4 Å². The lowest BCUT2D eigenvalue weighted by Gasteiger charge is -2.18. The van der Waals surface area contributed by atoms with Gasteiger partial charge in [-0.05, 0) is 61.8 Å². The van der Waals surface area contributed by atoms with Crippen LogP contribution in [0.15, 0.2) is 24.3 Å². The molecule has 0 fully saturated rings. The van der Waals surface area contributed by atoms with Crippen molar-refractivity contribution in [3.05, 3.63) is 45.4 Å². The van der Waals surface area contributed by atoms with Gasteiger partial charge in [0.05, 0.1) is 23.3 Å². The maximum absolute atomic E-state index is 11.3. The van der Waals surface area contributed by atoms with Gasteiger partial charge in [0.2, 0.25) is 11.8 Å². The summed E-state index contributed by atoms with van der Waals surface area (Å²) in [5.74, 6) is 1.39. The van der Waals surface area contributed by atoms with Crippen molar-refractivity contribution in [2.45, 2.75) is 51.4 Å².